The number of piperidine rings is 1. The number of ether oxygens (including phenoxy) is 1. The monoisotopic (exact) mass is 597 g/mol. The van der Waals surface area contributed by atoms with Gasteiger partial charge in [-0.15, -0.1) is 13.2 Å². The summed E-state index contributed by atoms with van der Waals surface area (Å²) in [5.74, 6) is -6.12. The maximum absolute atomic E-state index is 15.0. The van der Waals surface area contributed by atoms with Crippen LogP contribution < -0.4 is 20.0 Å². The summed E-state index contributed by atoms with van der Waals surface area (Å²) in [6, 6.07) is 4.13. The summed E-state index contributed by atoms with van der Waals surface area (Å²) in [7, 11) is 3.18. The molecule has 5 rings (SSSR count). The number of benzene rings is 1. The lowest BCUT2D eigenvalue weighted by Crippen LogP contribution is -2.49. The van der Waals surface area contributed by atoms with Gasteiger partial charge in [-0.3, -0.25) is 15.0 Å². The van der Waals surface area contributed by atoms with Gasteiger partial charge in [0, 0.05) is 18.7 Å². The van der Waals surface area contributed by atoms with Crippen LogP contribution in [0, 0.1) is 0 Å². The van der Waals surface area contributed by atoms with Gasteiger partial charge in [-0.25, -0.2) is 9.99 Å². The molecule has 3 aliphatic rings. The molecule has 0 spiro atoms. The van der Waals surface area contributed by atoms with Crippen molar-refractivity contribution in [2.45, 2.75) is 62.9 Å². The molecule has 3 heterocycles. The number of nitrogens with one attached hydrogen (secondary N) is 1. The second-order valence-electron chi connectivity index (χ2n) is 10.9. The summed E-state index contributed by atoms with van der Waals surface area (Å²) in [5, 5.41) is 1.28. The molecule has 0 unspecified atom stereocenters. The molecule has 0 atom stereocenters. The molecule has 0 radical (unpaired) electrons. The number of nitrogens with zero attached hydrogens (tertiary/aromatic N) is 6. The Morgan fingerprint density at radius 3 is 2.48 bits per heavy atom. The van der Waals surface area contributed by atoms with Crippen LogP contribution in [0.2, 0.25) is 0 Å². The lowest BCUT2D eigenvalue weighted by molar-refractivity contribution is -0.274. The lowest BCUT2D eigenvalue weighted by atomic mass is 10.0. The largest absolute Gasteiger partial charge is 0.573 e. The van der Waals surface area contributed by atoms with Gasteiger partial charge in [-0.05, 0) is 64.0 Å². The van der Waals surface area contributed by atoms with Crippen molar-refractivity contribution in [2.75, 3.05) is 49.0 Å². The number of carbonyl (C=O) groups excluding carboxylic acids is 2. The fraction of sp³-hybridized carbons (Fsp3) is 0.556. The van der Waals surface area contributed by atoms with Crippen LogP contribution in [-0.2, 0) is 4.79 Å². The number of carbonyl (C=O) groups is 2. The maximum atomic E-state index is 15.0. The van der Waals surface area contributed by atoms with Gasteiger partial charge in [0.15, 0.2) is 5.82 Å². The van der Waals surface area contributed by atoms with E-state index in [1.807, 2.05) is 7.05 Å². The standard InChI is InChI=1S/C27H32F5N7O3/c1-36-12-10-19(11-13-36)39(23(40)17-6-5-9-20(14-17)42-27(30,31)32)35-25-33-15-21-22(34-25)38(18-7-3-4-8-18)16-26(28,29)24(41)37(21)2/h5-6,9,14-15,18-19H,3-4,7-8,10-13,16H2,1-2H3,(H,33,34,35). The molecule has 1 saturated carbocycles. The highest BCUT2D eigenvalue weighted by molar-refractivity contribution is 6.02. The Morgan fingerprint density at radius 2 is 1.81 bits per heavy atom. The van der Waals surface area contributed by atoms with E-state index < -0.39 is 36.4 Å². The number of alkyl halides is 5. The van der Waals surface area contributed by atoms with E-state index in [0.717, 1.165) is 29.9 Å². The predicted octanol–water partition coefficient (Wildman–Crippen LogP) is 4.30. The first-order valence-corrected chi connectivity index (χ1v) is 13.8. The topological polar surface area (TPSA) is 94.1 Å². The van der Waals surface area contributed by atoms with E-state index in [4.69, 9.17) is 0 Å². The van der Waals surface area contributed by atoms with Gasteiger partial charge in [0.05, 0.1) is 18.8 Å². The number of likely N-dealkylation sites (tertiary alicyclic amines) is 1. The van der Waals surface area contributed by atoms with Gasteiger partial charge in [-0.1, -0.05) is 18.9 Å². The first-order valence-electron chi connectivity index (χ1n) is 13.8. The summed E-state index contributed by atoms with van der Waals surface area (Å²) in [6.07, 6.45) is 0.483. The van der Waals surface area contributed by atoms with Crippen LogP contribution in [0.4, 0.5) is 39.4 Å². The molecule has 2 aliphatic heterocycles. The number of amides is 2. The number of hydrogen-bond acceptors (Lipinski definition) is 8. The van der Waals surface area contributed by atoms with Crippen molar-refractivity contribution in [3.05, 3.63) is 36.0 Å². The molecule has 42 heavy (non-hydrogen) atoms. The normalized spacial score (nSPS) is 20.3. The van der Waals surface area contributed by atoms with Gasteiger partial charge in [0.25, 0.3) is 11.8 Å². The number of aromatic nitrogens is 2. The Hall–Kier alpha value is -3.75. The fourth-order valence-electron chi connectivity index (χ4n) is 5.73. The van der Waals surface area contributed by atoms with Gasteiger partial charge in [-0.2, -0.15) is 13.8 Å². The molecule has 10 nitrogen and oxygen atoms in total. The summed E-state index contributed by atoms with van der Waals surface area (Å²) in [4.78, 5) is 39.5. The fourth-order valence-corrected chi connectivity index (χ4v) is 5.73. The first-order chi connectivity index (χ1) is 19.8. The van der Waals surface area contributed by atoms with E-state index in [-0.39, 0.29) is 35.1 Å². The summed E-state index contributed by atoms with van der Waals surface area (Å²) in [5.41, 5.74) is 2.98. The number of anilines is 3. The highest BCUT2D eigenvalue weighted by Crippen LogP contribution is 2.39. The lowest BCUT2D eigenvalue weighted by Gasteiger charge is -2.37. The van der Waals surface area contributed by atoms with Crippen molar-refractivity contribution in [1.82, 2.24) is 19.9 Å². The van der Waals surface area contributed by atoms with Crippen molar-refractivity contribution in [2.24, 2.45) is 0 Å². The molecule has 1 aromatic carbocycles. The van der Waals surface area contributed by atoms with Crippen LogP contribution >= 0.6 is 0 Å². The SMILES string of the molecule is CN1CCC(N(Nc2ncc3c(n2)N(C2CCCC2)CC(F)(F)C(=O)N3C)C(=O)c2cccc(OC(F)(F)F)c2)CC1. The zero-order chi connectivity index (χ0) is 30.2. The Labute approximate surface area is 239 Å². The van der Waals surface area contributed by atoms with Crippen molar-refractivity contribution in [1.29, 1.82) is 0 Å². The van der Waals surface area contributed by atoms with Gasteiger partial charge in [0.1, 0.15) is 11.4 Å². The minimum atomic E-state index is -4.93. The number of hydrogen-bond donors (Lipinski definition) is 1. The van der Waals surface area contributed by atoms with E-state index in [1.165, 1.54) is 35.3 Å². The molecule has 1 aliphatic carbocycles. The first kappa shape index (κ1) is 29.7. The zero-order valence-corrected chi connectivity index (χ0v) is 23.2. The molecule has 1 saturated heterocycles. The van der Waals surface area contributed by atoms with Crippen LogP contribution in [-0.4, -0.2) is 89.8 Å². The second kappa shape index (κ2) is 11.5. The third kappa shape index (κ3) is 6.35. The average Bonchev–Trinajstić information content (AvgIpc) is 3.46. The summed E-state index contributed by atoms with van der Waals surface area (Å²) in [6.45, 7) is 0.486. The van der Waals surface area contributed by atoms with Crippen LogP contribution in [0.5, 0.6) is 5.75 Å². The van der Waals surface area contributed by atoms with Crippen LogP contribution in [0.15, 0.2) is 30.5 Å². The van der Waals surface area contributed by atoms with Crippen molar-refractivity contribution in [3.8, 4) is 5.75 Å². The molecule has 1 aromatic heterocycles. The average molecular weight is 598 g/mol. The molecular formula is C27H32F5N7O3. The van der Waals surface area contributed by atoms with Crippen LogP contribution in [0.3, 0.4) is 0 Å². The molecular weight excluding hydrogens is 565 g/mol. The second-order valence-corrected chi connectivity index (χ2v) is 10.9. The van der Waals surface area contributed by atoms with Crippen LogP contribution in [0.1, 0.15) is 48.9 Å². The van der Waals surface area contributed by atoms with Crippen molar-refractivity contribution in [3.63, 3.8) is 0 Å². The minimum absolute atomic E-state index is 0.0597. The van der Waals surface area contributed by atoms with Gasteiger partial charge < -0.3 is 19.4 Å². The van der Waals surface area contributed by atoms with E-state index in [0.29, 0.717) is 38.8 Å². The van der Waals surface area contributed by atoms with E-state index in [2.05, 4.69) is 25.0 Å². The van der Waals surface area contributed by atoms with E-state index in [1.54, 1.807) is 0 Å². The van der Waals surface area contributed by atoms with Gasteiger partial charge in [0.2, 0.25) is 5.95 Å². The number of hydrazine groups is 1. The number of fused-ring (bicyclic) bond motifs is 1. The zero-order valence-electron chi connectivity index (χ0n) is 23.2. The Balaban J connectivity index is 1.50. The van der Waals surface area contributed by atoms with E-state index >= 15 is 0 Å². The summed E-state index contributed by atoms with van der Waals surface area (Å²) >= 11 is 0. The highest BCUT2D eigenvalue weighted by atomic mass is 19.4. The molecule has 228 valence electrons. The molecule has 2 amide bonds. The molecule has 1 N–H and O–H groups in total. The number of halogens is 5. The maximum Gasteiger partial charge on any atom is 0.573 e. The Bertz CT molecular complexity index is 1310. The molecule has 0 bridgehead atoms. The Morgan fingerprint density at radius 1 is 1.12 bits per heavy atom. The molecule has 2 aromatic rings. The van der Waals surface area contributed by atoms with Crippen LogP contribution in [0.25, 0.3) is 0 Å². The third-order valence-electron chi connectivity index (χ3n) is 7.94. The third-order valence-corrected chi connectivity index (χ3v) is 7.94. The number of rotatable bonds is 6. The van der Waals surface area contributed by atoms with Crippen molar-refractivity contribution >= 4 is 29.3 Å². The van der Waals surface area contributed by atoms with E-state index in [9.17, 15) is 31.5 Å². The van der Waals surface area contributed by atoms with Crippen molar-refractivity contribution < 1.29 is 36.3 Å². The summed E-state index contributed by atoms with van der Waals surface area (Å²) < 4.78 is 72.4. The highest BCUT2D eigenvalue weighted by Gasteiger charge is 2.49. The minimum Gasteiger partial charge on any atom is -0.406 e. The molecule has 2 fully saturated rings. The smallest absolute Gasteiger partial charge is 0.406 e. The Kier molecular flexibility index (Phi) is 8.14. The quantitative estimate of drug-likeness (QED) is 0.389. The predicted molar refractivity (Wildman–Crippen MR) is 143 cm³/mol. The molecule has 15 heteroatoms. The van der Waals surface area contributed by atoms with Gasteiger partial charge >= 0.3 is 12.3 Å².